The van der Waals surface area contributed by atoms with Gasteiger partial charge in [0.1, 0.15) is 5.82 Å². The average Bonchev–Trinajstić information content (AvgIpc) is 3.26. The minimum absolute atomic E-state index is 0.00934. The number of ether oxygens (including phenoxy) is 1. The molecule has 1 fully saturated rings. The lowest BCUT2D eigenvalue weighted by molar-refractivity contribution is 0.0719. The van der Waals surface area contributed by atoms with Crippen LogP contribution in [0.4, 0.5) is 11.8 Å². The van der Waals surface area contributed by atoms with E-state index in [-0.39, 0.29) is 12.1 Å². The second-order valence-electron chi connectivity index (χ2n) is 9.30. The number of nitrogens with zero attached hydrogens (tertiary/aromatic N) is 6. The van der Waals surface area contributed by atoms with Crippen LogP contribution in [0.3, 0.4) is 0 Å². The van der Waals surface area contributed by atoms with Gasteiger partial charge in [-0.3, -0.25) is 4.98 Å². The Balaban J connectivity index is 1.65. The van der Waals surface area contributed by atoms with Crippen molar-refractivity contribution < 1.29 is 4.74 Å². The number of aromatic nitrogens is 5. The number of hydrogen-bond acceptors (Lipinski definition) is 8. The molecule has 1 N–H and O–H groups in total. The van der Waals surface area contributed by atoms with Crippen LogP contribution >= 0.6 is 0 Å². The predicted octanol–water partition coefficient (Wildman–Crippen LogP) is 4.59. The Morgan fingerprint density at radius 1 is 1.03 bits per heavy atom. The molecule has 0 aliphatic carbocycles. The summed E-state index contributed by atoms with van der Waals surface area (Å²) < 4.78 is 6.09. The number of hydrogen-bond donors (Lipinski definition) is 1. The Morgan fingerprint density at radius 3 is 2.40 bits per heavy atom. The van der Waals surface area contributed by atoms with Crippen molar-refractivity contribution in [1.82, 2.24) is 24.9 Å². The quantitative estimate of drug-likeness (QED) is 0.481. The minimum Gasteiger partial charge on any atom is -0.374 e. The standard InChI is InChI=1S/C27H37N7O/c1-7-20-25(19-14-30-22(17(4)5)13-18(19)6)31-21(8-2)26(32-20)33-23-15-34(16-24(23)35-9-3)27-28-11-10-12-29-27/h10-14,17,23-24H,7-9,15-16H2,1-6H3,(H,32,33)/t23-,24+/m1/s1. The maximum absolute atomic E-state index is 6.09. The van der Waals surface area contributed by atoms with Gasteiger partial charge in [0.2, 0.25) is 5.95 Å². The molecule has 0 spiro atoms. The molecule has 1 saturated heterocycles. The number of pyridine rings is 1. The lowest BCUT2D eigenvalue weighted by Gasteiger charge is -2.22. The third-order valence-corrected chi connectivity index (χ3v) is 6.49. The summed E-state index contributed by atoms with van der Waals surface area (Å²) >= 11 is 0. The summed E-state index contributed by atoms with van der Waals surface area (Å²) in [6.07, 6.45) is 7.08. The van der Waals surface area contributed by atoms with Crippen LogP contribution < -0.4 is 10.2 Å². The van der Waals surface area contributed by atoms with Crippen molar-refractivity contribution in [3.05, 3.63) is 53.4 Å². The van der Waals surface area contributed by atoms with Gasteiger partial charge >= 0.3 is 0 Å². The maximum atomic E-state index is 6.09. The molecule has 8 heteroatoms. The van der Waals surface area contributed by atoms with Gasteiger partial charge in [0, 0.05) is 49.5 Å². The highest BCUT2D eigenvalue weighted by Gasteiger charge is 2.35. The first-order valence-corrected chi connectivity index (χ1v) is 12.7. The molecule has 4 heterocycles. The van der Waals surface area contributed by atoms with E-state index < -0.39 is 0 Å². The molecule has 3 aromatic rings. The van der Waals surface area contributed by atoms with Crippen molar-refractivity contribution in [3.8, 4) is 11.3 Å². The number of anilines is 2. The molecule has 0 bridgehead atoms. The van der Waals surface area contributed by atoms with E-state index in [0.29, 0.717) is 12.5 Å². The van der Waals surface area contributed by atoms with E-state index in [0.717, 1.165) is 66.0 Å². The Hall–Kier alpha value is -3.13. The zero-order chi connectivity index (χ0) is 24.9. The van der Waals surface area contributed by atoms with Gasteiger partial charge in [0.15, 0.2) is 0 Å². The summed E-state index contributed by atoms with van der Waals surface area (Å²) in [7, 11) is 0. The molecule has 0 aromatic carbocycles. The summed E-state index contributed by atoms with van der Waals surface area (Å²) in [5.41, 5.74) is 6.20. The van der Waals surface area contributed by atoms with Crippen LogP contribution in [0.1, 0.15) is 63.2 Å². The summed E-state index contributed by atoms with van der Waals surface area (Å²) in [5.74, 6) is 1.95. The van der Waals surface area contributed by atoms with E-state index in [4.69, 9.17) is 19.7 Å². The van der Waals surface area contributed by atoms with Crippen molar-refractivity contribution in [1.29, 1.82) is 0 Å². The SMILES string of the molecule is CCO[C@H]1CN(c2ncccn2)C[C@H]1Nc1nc(CC)c(-c2cnc(C(C)C)cc2C)nc1CC. The molecule has 1 aliphatic heterocycles. The molecule has 0 saturated carbocycles. The van der Waals surface area contributed by atoms with Crippen molar-refractivity contribution >= 4 is 11.8 Å². The first kappa shape index (κ1) is 25.0. The largest absolute Gasteiger partial charge is 0.374 e. The van der Waals surface area contributed by atoms with Gasteiger partial charge in [0.25, 0.3) is 0 Å². The lowest BCUT2D eigenvalue weighted by atomic mass is 10.0. The fourth-order valence-electron chi connectivity index (χ4n) is 4.56. The Morgan fingerprint density at radius 2 is 1.77 bits per heavy atom. The Bertz CT molecular complexity index is 1140. The fraction of sp³-hybridized carbons (Fsp3) is 0.519. The lowest BCUT2D eigenvalue weighted by Crippen LogP contribution is -2.35. The highest BCUT2D eigenvalue weighted by Crippen LogP contribution is 2.30. The Labute approximate surface area is 208 Å². The minimum atomic E-state index is 0.00934. The molecular weight excluding hydrogens is 438 g/mol. The second-order valence-corrected chi connectivity index (χ2v) is 9.30. The van der Waals surface area contributed by atoms with Crippen molar-refractivity contribution in [2.75, 3.05) is 29.9 Å². The van der Waals surface area contributed by atoms with Gasteiger partial charge in [-0.15, -0.1) is 0 Å². The van der Waals surface area contributed by atoms with E-state index in [1.54, 1.807) is 12.4 Å². The van der Waals surface area contributed by atoms with Gasteiger partial charge < -0.3 is 15.0 Å². The molecular formula is C27H37N7O. The van der Waals surface area contributed by atoms with Crippen LogP contribution in [0, 0.1) is 6.92 Å². The molecule has 1 aliphatic rings. The van der Waals surface area contributed by atoms with Gasteiger partial charge in [-0.2, -0.15) is 0 Å². The monoisotopic (exact) mass is 475 g/mol. The third kappa shape index (κ3) is 5.42. The zero-order valence-corrected chi connectivity index (χ0v) is 21.7. The summed E-state index contributed by atoms with van der Waals surface area (Å²) in [4.78, 5) is 25.9. The van der Waals surface area contributed by atoms with E-state index in [1.807, 2.05) is 19.2 Å². The molecule has 2 atom stereocenters. The molecule has 0 amide bonds. The van der Waals surface area contributed by atoms with E-state index in [2.05, 4.69) is 60.9 Å². The summed E-state index contributed by atoms with van der Waals surface area (Å²) in [6, 6.07) is 4.06. The molecule has 0 radical (unpaired) electrons. The van der Waals surface area contributed by atoms with Gasteiger partial charge in [-0.25, -0.2) is 19.9 Å². The number of nitrogens with one attached hydrogen (secondary N) is 1. The van der Waals surface area contributed by atoms with Crippen LogP contribution in [-0.2, 0) is 17.6 Å². The highest BCUT2D eigenvalue weighted by atomic mass is 16.5. The second kappa shape index (κ2) is 11.1. The Kier molecular flexibility index (Phi) is 7.90. The van der Waals surface area contributed by atoms with Crippen LogP contribution in [0.15, 0.2) is 30.7 Å². The van der Waals surface area contributed by atoms with Gasteiger partial charge in [-0.05, 0) is 50.3 Å². The normalized spacial score (nSPS) is 17.9. The number of rotatable bonds is 9. The van der Waals surface area contributed by atoms with Crippen molar-refractivity contribution in [3.63, 3.8) is 0 Å². The molecule has 186 valence electrons. The maximum Gasteiger partial charge on any atom is 0.225 e. The molecule has 4 rings (SSSR count). The predicted molar refractivity (Wildman–Crippen MR) is 140 cm³/mol. The van der Waals surface area contributed by atoms with Crippen LogP contribution in [0.25, 0.3) is 11.3 Å². The third-order valence-electron chi connectivity index (χ3n) is 6.49. The average molecular weight is 476 g/mol. The van der Waals surface area contributed by atoms with Gasteiger partial charge in [-0.1, -0.05) is 27.7 Å². The van der Waals surface area contributed by atoms with E-state index in [1.165, 1.54) is 5.56 Å². The molecule has 8 nitrogen and oxygen atoms in total. The van der Waals surface area contributed by atoms with E-state index >= 15 is 0 Å². The first-order valence-electron chi connectivity index (χ1n) is 12.7. The topological polar surface area (TPSA) is 89.0 Å². The summed E-state index contributed by atoms with van der Waals surface area (Å²) in [5, 5.41) is 3.68. The van der Waals surface area contributed by atoms with Crippen LogP contribution in [0.5, 0.6) is 0 Å². The van der Waals surface area contributed by atoms with E-state index in [9.17, 15) is 0 Å². The smallest absolute Gasteiger partial charge is 0.225 e. The van der Waals surface area contributed by atoms with Gasteiger partial charge in [0.05, 0.1) is 29.2 Å². The van der Waals surface area contributed by atoms with Crippen molar-refractivity contribution in [2.24, 2.45) is 0 Å². The summed E-state index contributed by atoms with van der Waals surface area (Å²) in [6.45, 7) is 14.9. The first-order chi connectivity index (χ1) is 16.9. The fourth-order valence-corrected chi connectivity index (χ4v) is 4.56. The number of aryl methyl sites for hydroxylation is 3. The molecule has 3 aromatic heterocycles. The molecule has 35 heavy (non-hydrogen) atoms. The van der Waals surface area contributed by atoms with Crippen LogP contribution in [0.2, 0.25) is 0 Å². The van der Waals surface area contributed by atoms with Crippen LogP contribution in [-0.4, -0.2) is 56.8 Å². The highest BCUT2D eigenvalue weighted by molar-refractivity contribution is 5.67. The zero-order valence-electron chi connectivity index (χ0n) is 21.7. The molecule has 0 unspecified atom stereocenters. The van der Waals surface area contributed by atoms with Crippen molar-refractivity contribution in [2.45, 2.75) is 72.4 Å².